The van der Waals surface area contributed by atoms with Crippen molar-refractivity contribution >= 4 is 11.6 Å². The van der Waals surface area contributed by atoms with E-state index in [1.54, 1.807) is 18.2 Å². The number of nitrogens with one attached hydrogen (secondary N) is 2. The third-order valence-electron chi connectivity index (χ3n) is 3.83. The topological polar surface area (TPSA) is 48.9 Å². The first-order valence-corrected chi connectivity index (χ1v) is 8.80. The molecule has 0 fully saturated rings. The molecule has 0 aliphatic heterocycles. The van der Waals surface area contributed by atoms with Crippen molar-refractivity contribution in [3.8, 4) is 5.75 Å². The summed E-state index contributed by atoms with van der Waals surface area (Å²) in [7, 11) is 3.99. The zero-order valence-corrected chi connectivity index (χ0v) is 15.9. The monoisotopic (exact) mass is 376 g/mol. The minimum Gasteiger partial charge on any atom is -0.434 e. The van der Waals surface area contributed by atoms with Gasteiger partial charge in [0.25, 0.3) is 0 Å². The van der Waals surface area contributed by atoms with E-state index in [9.17, 15) is 8.78 Å². The van der Waals surface area contributed by atoms with Crippen molar-refractivity contribution in [2.75, 3.05) is 25.5 Å². The minimum atomic E-state index is -2.85. The molecule has 0 saturated carbocycles. The summed E-state index contributed by atoms with van der Waals surface area (Å²) in [6.07, 6.45) is 0. The summed E-state index contributed by atoms with van der Waals surface area (Å²) in [6.45, 7) is 0.645. The Morgan fingerprint density at radius 1 is 1.11 bits per heavy atom. The maximum absolute atomic E-state index is 12.5. The van der Waals surface area contributed by atoms with Crippen LogP contribution in [-0.4, -0.2) is 33.2 Å². The molecule has 0 bridgehead atoms. The molecule has 0 aromatic heterocycles. The summed E-state index contributed by atoms with van der Waals surface area (Å²) in [6, 6.07) is 14.9. The van der Waals surface area contributed by atoms with Crippen LogP contribution in [0, 0.1) is 0 Å². The lowest BCUT2D eigenvalue weighted by molar-refractivity contribution is -0.0504. The quantitative estimate of drug-likeness (QED) is 0.546. The molecule has 5 nitrogen and oxygen atoms in total. The second-order valence-electron chi connectivity index (χ2n) is 6.10. The summed E-state index contributed by atoms with van der Waals surface area (Å²) in [5.74, 6) is 0.772. The summed E-state index contributed by atoms with van der Waals surface area (Å²) in [5, 5.41) is 6.32. The van der Waals surface area contributed by atoms with E-state index in [2.05, 4.69) is 26.4 Å². The van der Waals surface area contributed by atoms with Crippen molar-refractivity contribution in [3.63, 3.8) is 0 Å². The molecule has 0 aliphatic rings. The minimum absolute atomic E-state index is 0.162. The second kappa shape index (κ2) is 10.4. The highest BCUT2D eigenvalue weighted by atomic mass is 19.3. The van der Waals surface area contributed by atoms with Gasteiger partial charge in [0.15, 0.2) is 5.96 Å². The first-order chi connectivity index (χ1) is 13.0. The predicted octanol–water partition coefficient (Wildman–Crippen LogP) is 3.61. The summed E-state index contributed by atoms with van der Waals surface area (Å²) in [4.78, 5) is 6.62. The van der Waals surface area contributed by atoms with Gasteiger partial charge in [-0.15, -0.1) is 0 Å². The van der Waals surface area contributed by atoms with Gasteiger partial charge in [0.05, 0.1) is 6.54 Å². The first kappa shape index (κ1) is 20.5. The van der Waals surface area contributed by atoms with Crippen LogP contribution in [0.2, 0.25) is 0 Å². The fraction of sp³-hybridized carbons (Fsp3) is 0.350. The molecule has 2 N–H and O–H groups in total. The highest BCUT2D eigenvalue weighted by Crippen LogP contribution is 2.20. The summed E-state index contributed by atoms with van der Waals surface area (Å²) in [5.41, 5.74) is 2.83. The van der Waals surface area contributed by atoms with E-state index in [0.29, 0.717) is 31.2 Å². The van der Waals surface area contributed by atoms with Crippen LogP contribution >= 0.6 is 0 Å². The van der Waals surface area contributed by atoms with Crippen LogP contribution in [0.5, 0.6) is 5.75 Å². The fourth-order valence-electron chi connectivity index (χ4n) is 2.48. The SMILES string of the molecule is CCNC(=NCc1cccc(N(C)C)c1)NCc1ccccc1OC(F)F. The summed E-state index contributed by atoms with van der Waals surface area (Å²) >= 11 is 0. The number of halogens is 2. The highest BCUT2D eigenvalue weighted by Gasteiger charge is 2.09. The van der Waals surface area contributed by atoms with E-state index in [-0.39, 0.29) is 5.75 Å². The van der Waals surface area contributed by atoms with Gasteiger partial charge in [-0.2, -0.15) is 8.78 Å². The Hall–Kier alpha value is -2.83. The third-order valence-corrected chi connectivity index (χ3v) is 3.83. The molecule has 27 heavy (non-hydrogen) atoms. The first-order valence-electron chi connectivity index (χ1n) is 8.80. The van der Waals surface area contributed by atoms with Gasteiger partial charge in [-0.3, -0.25) is 0 Å². The van der Waals surface area contributed by atoms with Crippen LogP contribution in [0.3, 0.4) is 0 Å². The number of anilines is 1. The maximum atomic E-state index is 12.5. The number of hydrogen-bond acceptors (Lipinski definition) is 3. The van der Waals surface area contributed by atoms with Gasteiger partial charge in [0, 0.05) is 38.4 Å². The third kappa shape index (κ3) is 6.77. The van der Waals surface area contributed by atoms with Crippen molar-refractivity contribution < 1.29 is 13.5 Å². The number of rotatable bonds is 8. The van der Waals surface area contributed by atoms with E-state index < -0.39 is 6.61 Å². The van der Waals surface area contributed by atoms with Crippen molar-refractivity contribution in [1.29, 1.82) is 0 Å². The Labute approximate surface area is 159 Å². The molecular formula is C20H26F2N4O. The average molecular weight is 376 g/mol. The maximum Gasteiger partial charge on any atom is 0.387 e. The number of para-hydroxylation sites is 1. The molecule has 0 amide bonds. The highest BCUT2D eigenvalue weighted by molar-refractivity contribution is 5.79. The van der Waals surface area contributed by atoms with E-state index >= 15 is 0 Å². The lowest BCUT2D eigenvalue weighted by atomic mass is 10.2. The second-order valence-corrected chi connectivity index (χ2v) is 6.10. The van der Waals surface area contributed by atoms with Gasteiger partial charge in [-0.05, 0) is 30.7 Å². The Balaban J connectivity index is 2.05. The van der Waals surface area contributed by atoms with Crippen molar-refractivity contribution in [2.45, 2.75) is 26.6 Å². The lowest BCUT2D eigenvalue weighted by Crippen LogP contribution is -2.36. The molecular weight excluding hydrogens is 350 g/mol. The molecule has 0 heterocycles. The Bertz CT molecular complexity index is 750. The van der Waals surface area contributed by atoms with Crippen LogP contribution < -0.4 is 20.3 Å². The van der Waals surface area contributed by atoms with Gasteiger partial charge >= 0.3 is 6.61 Å². The van der Waals surface area contributed by atoms with Crippen LogP contribution in [0.25, 0.3) is 0 Å². The number of aliphatic imine (C=N–C) groups is 1. The molecule has 0 spiro atoms. The van der Waals surface area contributed by atoms with Crippen molar-refractivity contribution in [1.82, 2.24) is 10.6 Å². The number of hydrogen-bond donors (Lipinski definition) is 2. The van der Waals surface area contributed by atoms with E-state index in [1.807, 2.05) is 44.1 Å². The van der Waals surface area contributed by atoms with Crippen molar-refractivity contribution in [3.05, 3.63) is 59.7 Å². The predicted molar refractivity (Wildman–Crippen MR) is 105 cm³/mol. The van der Waals surface area contributed by atoms with Gasteiger partial charge < -0.3 is 20.3 Å². The molecule has 2 aromatic rings. The number of guanidine groups is 1. The Kier molecular flexibility index (Phi) is 7.85. The summed E-state index contributed by atoms with van der Waals surface area (Å²) < 4.78 is 29.6. The number of benzene rings is 2. The lowest BCUT2D eigenvalue weighted by Gasteiger charge is -2.15. The largest absolute Gasteiger partial charge is 0.434 e. The van der Waals surface area contributed by atoms with Gasteiger partial charge in [0.2, 0.25) is 0 Å². The molecule has 2 aromatic carbocycles. The van der Waals surface area contributed by atoms with Crippen LogP contribution in [0.15, 0.2) is 53.5 Å². The molecule has 2 rings (SSSR count). The van der Waals surface area contributed by atoms with Crippen LogP contribution in [-0.2, 0) is 13.1 Å². The zero-order valence-electron chi connectivity index (χ0n) is 15.9. The van der Waals surface area contributed by atoms with E-state index in [0.717, 1.165) is 11.3 Å². The fourth-order valence-corrected chi connectivity index (χ4v) is 2.48. The number of nitrogens with zero attached hydrogens (tertiary/aromatic N) is 2. The smallest absolute Gasteiger partial charge is 0.387 e. The zero-order chi connectivity index (χ0) is 19.6. The van der Waals surface area contributed by atoms with Gasteiger partial charge in [0.1, 0.15) is 5.75 Å². The van der Waals surface area contributed by atoms with Crippen molar-refractivity contribution in [2.24, 2.45) is 4.99 Å². The molecule has 0 saturated heterocycles. The molecule has 7 heteroatoms. The number of ether oxygens (including phenoxy) is 1. The normalized spacial score (nSPS) is 11.4. The number of alkyl halides is 2. The molecule has 0 aliphatic carbocycles. The standard InChI is InChI=1S/C20H26F2N4O/c1-4-23-20(24-13-15-8-7-10-17(12-15)26(2)3)25-14-16-9-5-6-11-18(16)27-19(21)22/h5-12,19H,4,13-14H2,1-3H3,(H2,23,24,25). The van der Waals surface area contributed by atoms with Crippen LogP contribution in [0.1, 0.15) is 18.1 Å². The van der Waals surface area contributed by atoms with E-state index in [4.69, 9.17) is 0 Å². The molecule has 0 radical (unpaired) electrons. The molecule has 146 valence electrons. The Morgan fingerprint density at radius 3 is 2.59 bits per heavy atom. The average Bonchev–Trinajstić information content (AvgIpc) is 2.65. The molecule has 0 atom stereocenters. The Morgan fingerprint density at radius 2 is 1.89 bits per heavy atom. The van der Waals surface area contributed by atoms with Gasteiger partial charge in [-0.1, -0.05) is 30.3 Å². The molecule has 0 unspecified atom stereocenters. The van der Waals surface area contributed by atoms with Crippen LogP contribution in [0.4, 0.5) is 14.5 Å². The van der Waals surface area contributed by atoms with Gasteiger partial charge in [-0.25, -0.2) is 4.99 Å². The van der Waals surface area contributed by atoms with E-state index in [1.165, 1.54) is 6.07 Å².